The van der Waals surface area contributed by atoms with Gasteiger partial charge in [0.15, 0.2) is 0 Å². The Balaban J connectivity index is 1.64. The predicted octanol–water partition coefficient (Wildman–Crippen LogP) is 1.28. The number of fused-ring (bicyclic) bond motifs is 2. The van der Waals surface area contributed by atoms with E-state index in [0.29, 0.717) is 13.0 Å². The maximum Gasteiger partial charge on any atom is 0.312 e. The molecule has 2 amide bonds. The molecule has 0 aromatic heterocycles. The first-order valence-electron chi connectivity index (χ1n) is 11.4. The molecule has 1 aromatic rings. The van der Waals surface area contributed by atoms with E-state index in [1.165, 1.54) is 4.90 Å². The molecular weight excluding hydrogens is 424 g/mol. The Hall–Kier alpha value is -2.97. The van der Waals surface area contributed by atoms with Crippen molar-refractivity contribution in [3.63, 3.8) is 0 Å². The van der Waals surface area contributed by atoms with Gasteiger partial charge >= 0.3 is 5.97 Å². The number of benzene rings is 1. The highest BCUT2D eigenvalue weighted by Gasteiger charge is 2.71. The van der Waals surface area contributed by atoms with Crippen molar-refractivity contribution in [2.24, 2.45) is 11.8 Å². The number of anilines is 1. The first kappa shape index (κ1) is 21.9. The molecule has 8 heteroatoms. The minimum absolute atomic E-state index is 0.0203. The van der Waals surface area contributed by atoms with Gasteiger partial charge in [-0.15, -0.1) is 0 Å². The molecule has 33 heavy (non-hydrogen) atoms. The number of aliphatic hydroxyl groups is 1. The quantitative estimate of drug-likeness (QED) is 0.548. The Morgan fingerprint density at radius 3 is 2.61 bits per heavy atom. The molecule has 5 rings (SSSR count). The number of esters is 1. The minimum Gasteiger partial charge on any atom is -0.465 e. The second-order valence-electron chi connectivity index (χ2n) is 9.07. The maximum absolute atomic E-state index is 14.1. The third-order valence-electron chi connectivity index (χ3n) is 7.17. The number of rotatable bonds is 3. The third-order valence-corrected chi connectivity index (χ3v) is 7.17. The van der Waals surface area contributed by atoms with Crippen LogP contribution in [0.15, 0.2) is 42.5 Å². The van der Waals surface area contributed by atoms with Gasteiger partial charge in [-0.25, -0.2) is 0 Å². The van der Waals surface area contributed by atoms with Crippen molar-refractivity contribution in [1.82, 2.24) is 4.90 Å². The van der Waals surface area contributed by atoms with E-state index in [1.54, 1.807) is 11.0 Å². The van der Waals surface area contributed by atoms with Crippen molar-refractivity contribution in [2.45, 2.75) is 38.0 Å². The lowest BCUT2D eigenvalue weighted by Crippen LogP contribution is -2.56. The number of hydrogen-bond acceptors (Lipinski definition) is 6. The molecule has 4 aliphatic rings. The normalized spacial score (nSPS) is 33.2. The molecule has 0 aliphatic carbocycles. The molecule has 0 saturated carbocycles. The summed E-state index contributed by atoms with van der Waals surface area (Å²) < 4.78 is 11.9. The van der Waals surface area contributed by atoms with Crippen LogP contribution in [0.5, 0.6) is 0 Å². The van der Waals surface area contributed by atoms with Crippen molar-refractivity contribution in [3.8, 4) is 0 Å². The molecule has 174 valence electrons. The zero-order chi connectivity index (χ0) is 23.3. The van der Waals surface area contributed by atoms with E-state index in [0.717, 1.165) is 16.8 Å². The Kier molecular flexibility index (Phi) is 5.37. The molecule has 1 unspecified atom stereocenters. The molecule has 0 radical (unpaired) electrons. The van der Waals surface area contributed by atoms with Gasteiger partial charge in [0.25, 0.3) is 5.91 Å². The first-order valence-corrected chi connectivity index (χ1v) is 11.4. The van der Waals surface area contributed by atoms with Gasteiger partial charge in [-0.1, -0.05) is 42.5 Å². The fraction of sp³-hybridized carbons (Fsp3) is 0.480. The number of aliphatic hydroxyl groups excluding tert-OH is 1. The first-order chi connectivity index (χ1) is 15.9. The van der Waals surface area contributed by atoms with Gasteiger partial charge < -0.3 is 24.4 Å². The summed E-state index contributed by atoms with van der Waals surface area (Å²) >= 11 is 0. The van der Waals surface area contributed by atoms with Gasteiger partial charge in [0, 0.05) is 18.8 Å². The number of cyclic esters (lactones) is 1. The molecule has 1 spiro atoms. The number of nitrogens with zero attached hydrogens (tertiary/aromatic N) is 2. The summed E-state index contributed by atoms with van der Waals surface area (Å²) in [6.07, 6.45) is 7.24. The number of likely N-dealkylation sites (tertiary alicyclic amines) is 1. The zero-order valence-electron chi connectivity index (χ0n) is 18.8. The van der Waals surface area contributed by atoms with E-state index >= 15 is 0 Å². The van der Waals surface area contributed by atoms with Gasteiger partial charge in [0.1, 0.15) is 17.6 Å². The van der Waals surface area contributed by atoms with Crippen molar-refractivity contribution in [1.29, 1.82) is 0 Å². The minimum atomic E-state index is -1.31. The second-order valence-corrected chi connectivity index (χ2v) is 9.07. The van der Waals surface area contributed by atoms with E-state index in [9.17, 15) is 19.5 Å². The molecule has 0 bridgehead atoms. The van der Waals surface area contributed by atoms with Crippen molar-refractivity contribution >= 4 is 23.5 Å². The number of β-amino-alcohol motifs (C(OH)–C–C–N with tert-alkyl or cyclic N) is 1. The highest BCUT2D eigenvalue weighted by molar-refractivity contribution is 6.06. The van der Waals surface area contributed by atoms with Gasteiger partial charge in [0.05, 0.1) is 25.2 Å². The summed E-state index contributed by atoms with van der Waals surface area (Å²) in [4.78, 5) is 43.8. The predicted molar refractivity (Wildman–Crippen MR) is 119 cm³/mol. The Bertz CT molecular complexity index is 1040. The van der Waals surface area contributed by atoms with E-state index in [2.05, 4.69) is 0 Å². The number of aryl methyl sites for hydroxylation is 2. The van der Waals surface area contributed by atoms with Crippen LogP contribution in [0.4, 0.5) is 5.69 Å². The lowest BCUT2D eigenvalue weighted by Gasteiger charge is -2.35. The van der Waals surface area contributed by atoms with Crippen LogP contribution in [0.3, 0.4) is 0 Å². The van der Waals surface area contributed by atoms with E-state index in [1.807, 2.05) is 50.3 Å². The van der Waals surface area contributed by atoms with E-state index in [-0.39, 0.29) is 31.6 Å². The van der Waals surface area contributed by atoms with Crippen LogP contribution in [0.2, 0.25) is 0 Å². The van der Waals surface area contributed by atoms with Crippen LogP contribution in [0, 0.1) is 25.7 Å². The molecule has 2 fully saturated rings. The van der Waals surface area contributed by atoms with Crippen molar-refractivity contribution < 1.29 is 29.0 Å². The third kappa shape index (κ3) is 3.15. The highest BCUT2D eigenvalue weighted by atomic mass is 16.6. The summed E-state index contributed by atoms with van der Waals surface area (Å²) in [5.74, 6) is -2.88. The van der Waals surface area contributed by atoms with Crippen LogP contribution in [-0.4, -0.2) is 71.8 Å². The highest BCUT2D eigenvalue weighted by Crippen LogP contribution is 2.53. The van der Waals surface area contributed by atoms with Gasteiger partial charge in [-0.2, -0.15) is 0 Å². The second kappa shape index (κ2) is 8.11. The Morgan fingerprint density at radius 1 is 1.12 bits per heavy atom. The van der Waals surface area contributed by atoms with Gasteiger partial charge in [-0.05, 0) is 31.4 Å². The van der Waals surface area contributed by atoms with E-state index in [4.69, 9.17) is 9.47 Å². The summed E-state index contributed by atoms with van der Waals surface area (Å²) in [5, 5.41) is 9.71. The number of carbonyl (C=O) groups is 3. The number of amides is 2. The number of carbonyl (C=O) groups excluding carboxylic acids is 3. The summed E-state index contributed by atoms with van der Waals surface area (Å²) in [6.45, 7) is 4.13. The standard InChI is InChI=1S/C25H28N2O6/c1-15-7-5-8-16(2)20(15)26-11-6-10-25-19(22(29)27(12-13-28)21(25)23(26)30)18-17(33-25)9-3-4-14-32-24(18)31/h3,5-10,17-19,21,28H,4,11-14H2,1-2H3/t17-,18+,19-,21?,25-/m0/s1. The SMILES string of the molecule is Cc1cccc(C)c1N1CC=C[C@]23O[C@H]4C=CCCOC(=O)[C@H]4[C@H]2C(=O)N(CCO)C3C1=O. The van der Waals surface area contributed by atoms with Crippen LogP contribution >= 0.6 is 0 Å². The average molecular weight is 453 g/mol. The molecular formula is C25H28N2O6. The molecule has 4 aliphatic heterocycles. The monoisotopic (exact) mass is 452 g/mol. The van der Waals surface area contributed by atoms with Crippen molar-refractivity contribution in [2.75, 3.05) is 31.2 Å². The zero-order valence-corrected chi connectivity index (χ0v) is 18.8. The Labute approximate surface area is 192 Å². The molecule has 1 N–H and O–H groups in total. The average Bonchev–Trinajstić information content (AvgIpc) is 3.14. The molecule has 2 saturated heterocycles. The topological polar surface area (TPSA) is 96.4 Å². The Morgan fingerprint density at radius 2 is 1.88 bits per heavy atom. The van der Waals surface area contributed by atoms with E-state index < -0.39 is 35.6 Å². The summed E-state index contributed by atoms with van der Waals surface area (Å²) in [7, 11) is 0. The summed E-state index contributed by atoms with van der Waals surface area (Å²) in [5.41, 5.74) is 1.38. The lowest BCUT2D eigenvalue weighted by atomic mass is 9.77. The fourth-order valence-electron chi connectivity index (χ4n) is 5.89. The summed E-state index contributed by atoms with van der Waals surface area (Å²) in [6, 6.07) is 4.84. The fourth-order valence-corrected chi connectivity index (χ4v) is 5.89. The van der Waals surface area contributed by atoms with Crippen LogP contribution in [0.25, 0.3) is 0 Å². The van der Waals surface area contributed by atoms with Crippen molar-refractivity contribution in [3.05, 3.63) is 53.6 Å². The van der Waals surface area contributed by atoms with Crippen LogP contribution < -0.4 is 4.90 Å². The maximum atomic E-state index is 14.1. The smallest absolute Gasteiger partial charge is 0.312 e. The van der Waals surface area contributed by atoms with Gasteiger partial charge in [0.2, 0.25) is 5.91 Å². The number of hydrogen-bond donors (Lipinski definition) is 1. The van der Waals surface area contributed by atoms with Gasteiger partial charge in [-0.3, -0.25) is 14.4 Å². The van der Waals surface area contributed by atoms with Crippen LogP contribution in [-0.2, 0) is 23.9 Å². The lowest BCUT2D eigenvalue weighted by molar-refractivity contribution is -0.154. The largest absolute Gasteiger partial charge is 0.465 e. The number of ether oxygens (including phenoxy) is 2. The molecule has 4 heterocycles. The molecule has 5 atom stereocenters. The molecule has 1 aromatic carbocycles. The number of para-hydroxylation sites is 1. The molecule has 8 nitrogen and oxygen atoms in total. The van der Waals surface area contributed by atoms with Crippen LogP contribution in [0.1, 0.15) is 17.5 Å².